The molecule has 0 atom stereocenters. The molecule has 9 heteroatoms. The molecule has 0 radical (unpaired) electrons. The molecule has 134 valence electrons. The number of H-pyrrole nitrogens is 1. The molecule has 2 aromatic heterocycles. The number of nitrogens with one attached hydrogen (secondary N) is 1. The maximum atomic E-state index is 13.6. The van der Waals surface area contributed by atoms with E-state index in [0.29, 0.717) is 5.56 Å². The summed E-state index contributed by atoms with van der Waals surface area (Å²) in [5, 5.41) is -0.538. The van der Waals surface area contributed by atoms with Gasteiger partial charge in [0.15, 0.2) is 4.77 Å². The van der Waals surface area contributed by atoms with Crippen LogP contribution in [0.4, 0.5) is 17.6 Å². The summed E-state index contributed by atoms with van der Waals surface area (Å²) in [6, 6.07) is 5.68. The number of hydrogen-bond acceptors (Lipinski definition) is 3. The normalized spacial score (nSPS) is 14.8. The number of halogens is 4. The molecule has 0 amide bonds. The van der Waals surface area contributed by atoms with Gasteiger partial charge in [-0.25, -0.2) is 9.37 Å². The summed E-state index contributed by atoms with van der Waals surface area (Å²) in [6.45, 7) is 0. The van der Waals surface area contributed by atoms with Crippen LogP contribution in [0.1, 0.15) is 24.4 Å². The molecule has 1 fully saturated rings. The van der Waals surface area contributed by atoms with Crippen LogP contribution in [0.5, 0.6) is 0 Å². The highest BCUT2D eigenvalue weighted by Crippen LogP contribution is 2.40. The first-order valence-corrected chi connectivity index (χ1v) is 8.19. The summed E-state index contributed by atoms with van der Waals surface area (Å²) in [6.07, 6.45) is -3.26. The molecule has 0 unspecified atom stereocenters. The van der Waals surface area contributed by atoms with Crippen molar-refractivity contribution in [3.63, 3.8) is 0 Å². The summed E-state index contributed by atoms with van der Waals surface area (Å²) in [5.74, 6) is -0.511. The average molecular weight is 381 g/mol. The SMILES string of the molecule is O=c1[nH]c(=S)n(C2CC2)c2nc(-c3ccc(F)cc3)cc(C(F)(F)F)c12. The van der Waals surface area contributed by atoms with E-state index >= 15 is 0 Å². The van der Waals surface area contributed by atoms with E-state index < -0.39 is 28.5 Å². The number of nitrogens with zero attached hydrogens (tertiary/aromatic N) is 2. The Hall–Kier alpha value is -2.55. The standard InChI is InChI=1S/C17H11F4N3OS/c18-9-3-1-8(2-4-9)12-7-11(17(19,20)21)13-14(22-12)24(10-5-6-10)16(26)23-15(13)25/h1-4,7,10H,5-6H2,(H,23,25,26). The summed E-state index contributed by atoms with van der Waals surface area (Å²) in [7, 11) is 0. The molecule has 0 saturated heterocycles. The summed E-state index contributed by atoms with van der Waals surface area (Å²) in [5.41, 5.74) is -1.80. The Morgan fingerprint density at radius 2 is 1.85 bits per heavy atom. The van der Waals surface area contributed by atoms with E-state index in [2.05, 4.69) is 9.97 Å². The fourth-order valence-corrected chi connectivity index (χ4v) is 3.24. The number of benzene rings is 1. The Kier molecular flexibility index (Phi) is 3.72. The molecular formula is C17H11F4N3OS. The van der Waals surface area contributed by atoms with Crippen molar-refractivity contribution < 1.29 is 17.6 Å². The van der Waals surface area contributed by atoms with Crippen molar-refractivity contribution in [2.75, 3.05) is 0 Å². The third kappa shape index (κ3) is 2.82. The lowest BCUT2D eigenvalue weighted by Crippen LogP contribution is -2.20. The minimum absolute atomic E-state index is 0.000718. The van der Waals surface area contributed by atoms with Crippen LogP contribution in [-0.4, -0.2) is 14.5 Å². The molecule has 1 saturated carbocycles. The number of alkyl halides is 3. The highest BCUT2D eigenvalue weighted by atomic mass is 32.1. The van der Waals surface area contributed by atoms with Crippen LogP contribution in [0, 0.1) is 10.6 Å². The Morgan fingerprint density at radius 1 is 1.19 bits per heavy atom. The second kappa shape index (κ2) is 5.73. The Morgan fingerprint density at radius 3 is 2.42 bits per heavy atom. The number of rotatable bonds is 2. The molecule has 1 aliphatic carbocycles. The molecule has 2 heterocycles. The van der Waals surface area contributed by atoms with Gasteiger partial charge in [-0.2, -0.15) is 13.2 Å². The monoisotopic (exact) mass is 381 g/mol. The van der Waals surface area contributed by atoms with Gasteiger partial charge in [0.25, 0.3) is 5.56 Å². The largest absolute Gasteiger partial charge is 0.417 e. The topological polar surface area (TPSA) is 50.7 Å². The van der Waals surface area contributed by atoms with Gasteiger partial charge in [-0.1, -0.05) is 0 Å². The van der Waals surface area contributed by atoms with Crippen LogP contribution in [-0.2, 0) is 6.18 Å². The molecule has 1 aliphatic rings. The lowest BCUT2D eigenvalue weighted by atomic mass is 10.1. The predicted molar refractivity (Wildman–Crippen MR) is 89.9 cm³/mol. The van der Waals surface area contributed by atoms with Crippen LogP contribution in [0.3, 0.4) is 0 Å². The summed E-state index contributed by atoms with van der Waals surface area (Å²) < 4.78 is 55.5. The van der Waals surface area contributed by atoms with Crippen LogP contribution in [0.25, 0.3) is 22.3 Å². The van der Waals surface area contributed by atoms with E-state index in [1.807, 2.05) is 0 Å². The maximum Gasteiger partial charge on any atom is 0.417 e. The van der Waals surface area contributed by atoms with Gasteiger partial charge in [0.05, 0.1) is 16.6 Å². The smallest absolute Gasteiger partial charge is 0.299 e. The molecular weight excluding hydrogens is 370 g/mol. The van der Waals surface area contributed by atoms with E-state index in [1.54, 1.807) is 0 Å². The second-order valence-corrected chi connectivity index (χ2v) is 6.51. The first kappa shape index (κ1) is 16.9. The van der Waals surface area contributed by atoms with E-state index in [0.717, 1.165) is 31.0 Å². The third-order valence-electron chi connectivity index (χ3n) is 4.25. The molecule has 0 bridgehead atoms. The van der Waals surface area contributed by atoms with Crippen molar-refractivity contribution in [2.24, 2.45) is 0 Å². The van der Waals surface area contributed by atoms with Gasteiger partial charge in [0, 0.05) is 11.6 Å². The third-order valence-corrected chi connectivity index (χ3v) is 4.55. The van der Waals surface area contributed by atoms with Crippen LogP contribution in [0.15, 0.2) is 35.1 Å². The highest BCUT2D eigenvalue weighted by molar-refractivity contribution is 7.71. The van der Waals surface area contributed by atoms with Gasteiger partial charge in [-0.05, 0) is 55.4 Å². The summed E-state index contributed by atoms with van der Waals surface area (Å²) in [4.78, 5) is 18.8. The fraction of sp³-hybridized carbons (Fsp3) is 0.235. The molecule has 0 spiro atoms. The molecule has 4 rings (SSSR count). The quantitative estimate of drug-likeness (QED) is 0.521. The number of hydrogen-bond donors (Lipinski definition) is 1. The van der Waals surface area contributed by atoms with Gasteiger partial charge in [0.2, 0.25) is 0 Å². The van der Waals surface area contributed by atoms with E-state index in [4.69, 9.17) is 12.2 Å². The van der Waals surface area contributed by atoms with Crippen molar-refractivity contribution in [2.45, 2.75) is 25.1 Å². The molecule has 3 aromatic rings. The molecule has 1 aromatic carbocycles. The lowest BCUT2D eigenvalue weighted by molar-refractivity contribution is -0.136. The Balaban J connectivity index is 2.13. The van der Waals surface area contributed by atoms with E-state index in [9.17, 15) is 22.4 Å². The number of aromatic nitrogens is 3. The van der Waals surface area contributed by atoms with Crippen molar-refractivity contribution in [3.05, 3.63) is 56.8 Å². The maximum absolute atomic E-state index is 13.6. The van der Waals surface area contributed by atoms with E-state index in [-0.39, 0.29) is 22.2 Å². The molecule has 1 N–H and O–H groups in total. The first-order valence-electron chi connectivity index (χ1n) is 7.78. The predicted octanol–water partition coefficient (Wildman–Crippen LogP) is 4.61. The Bertz CT molecular complexity index is 1130. The van der Waals surface area contributed by atoms with Gasteiger partial charge >= 0.3 is 6.18 Å². The first-order chi connectivity index (χ1) is 12.3. The average Bonchev–Trinajstić information content (AvgIpc) is 3.38. The zero-order valence-electron chi connectivity index (χ0n) is 13.1. The minimum Gasteiger partial charge on any atom is -0.299 e. The van der Waals surface area contributed by atoms with Crippen molar-refractivity contribution >= 4 is 23.3 Å². The van der Waals surface area contributed by atoms with Gasteiger partial charge < -0.3 is 0 Å². The number of pyridine rings is 1. The second-order valence-electron chi connectivity index (χ2n) is 6.12. The van der Waals surface area contributed by atoms with Gasteiger partial charge in [-0.15, -0.1) is 0 Å². The lowest BCUT2D eigenvalue weighted by Gasteiger charge is -2.15. The summed E-state index contributed by atoms with van der Waals surface area (Å²) >= 11 is 5.13. The van der Waals surface area contributed by atoms with Gasteiger partial charge in [0.1, 0.15) is 11.5 Å². The molecule has 0 aliphatic heterocycles. The van der Waals surface area contributed by atoms with Crippen LogP contribution in [0.2, 0.25) is 0 Å². The van der Waals surface area contributed by atoms with Crippen LogP contribution < -0.4 is 5.56 Å². The zero-order chi connectivity index (χ0) is 18.6. The van der Waals surface area contributed by atoms with Crippen molar-refractivity contribution in [1.29, 1.82) is 0 Å². The van der Waals surface area contributed by atoms with Crippen molar-refractivity contribution in [1.82, 2.24) is 14.5 Å². The number of aromatic amines is 1. The van der Waals surface area contributed by atoms with Crippen LogP contribution >= 0.6 is 12.2 Å². The Labute approximate surface area is 149 Å². The molecule has 4 nitrogen and oxygen atoms in total. The van der Waals surface area contributed by atoms with Crippen molar-refractivity contribution in [3.8, 4) is 11.3 Å². The van der Waals surface area contributed by atoms with Gasteiger partial charge in [-0.3, -0.25) is 14.3 Å². The molecule has 26 heavy (non-hydrogen) atoms. The highest BCUT2D eigenvalue weighted by Gasteiger charge is 2.36. The van der Waals surface area contributed by atoms with E-state index in [1.165, 1.54) is 16.7 Å². The fourth-order valence-electron chi connectivity index (χ4n) is 2.91. The minimum atomic E-state index is -4.76. The zero-order valence-corrected chi connectivity index (χ0v) is 13.9. The number of fused-ring (bicyclic) bond motifs is 1.